The van der Waals surface area contributed by atoms with Crippen LogP contribution in [0.3, 0.4) is 0 Å². The zero-order valence-electron chi connectivity index (χ0n) is 17.6. The molecule has 0 saturated carbocycles. The number of anilines is 1. The van der Waals surface area contributed by atoms with Gasteiger partial charge in [-0.1, -0.05) is 24.3 Å². The van der Waals surface area contributed by atoms with E-state index in [1.165, 1.54) is 0 Å². The minimum absolute atomic E-state index is 0.0497. The minimum Gasteiger partial charge on any atom is -0.477 e. The van der Waals surface area contributed by atoms with Crippen molar-refractivity contribution >= 4 is 23.5 Å². The number of carboxylic acid groups (broad SMARTS) is 1. The molecule has 3 rings (SSSR count). The molecule has 160 valence electrons. The number of nitrogens with one attached hydrogen (secondary N) is 2. The molecule has 0 aliphatic rings. The Balaban J connectivity index is 1.60. The lowest BCUT2D eigenvalue weighted by molar-refractivity contribution is 0.0633. The highest BCUT2D eigenvalue weighted by Crippen LogP contribution is 2.22. The van der Waals surface area contributed by atoms with Gasteiger partial charge in [0.05, 0.1) is 0 Å². The smallest absolute Gasteiger partial charge is 0.412 e. The average molecular weight is 420 g/mol. The van der Waals surface area contributed by atoms with Gasteiger partial charge in [0.15, 0.2) is 5.78 Å². The molecule has 7 nitrogen and oxygen atoms in total. The Bertz CT molecular complexity index is 1090. The quantitative estimate of drug-likeness (QED) is 0.478. The number of carboxylic acids is 1. The van der Waals surface area contributed by atoms with Crippen molar-refractivity contribution in [2.45, 2.75) is 32.8 Å². The number of aromatic amines is 1. The maximum Gasteiger partial charge on any atom is 0.412 e. The van der Waals surface area contributed by atoms with Gasteiger partial charge in [-0.2, -0.15) is 0 Å². The minimum atomic E-state index is -1.01. The molecule has 0 spiro atoms. The Hall–Kier alpha value is -3.87. The molecule has 0 aliphatic carbocycles. The van der Waals surface area contributed by atoms with E-state index in [4.69, 9.17) is 9.84 Å². The van der Waals surface area contributed by atoms with Crippen LogP contribution in [0.4, 0.5) is 10.5 Å². The maximum atomic E-state index is 12.6. The molecule has 1 heterocycles. The first-order chi connectivity index (χ1) is 14.6. The average Bonchev–Trinajstić information content (AvgIpc) is 3.18. The van der Waals surface area contributed by atoms with E-state index >= 15 is 0 Å². The molecule has 0 aliphatic heterocycles. The van der Waals surface area contributed by atoms with Gasteiger partial charge in [0.1, 0.15) is 11.3 Å². The monoisotopic (exact) mass is 420 g/mol. The van der Waals surface area contributed by atoms with Crippen molar-refractivity contribution in [3.63, 3.8) is 0 Å². The second-order valence-electron chi connectivity index (χ2n) is 8.11. The molecule has 7 heteroatoms. The van der Waals surface area contributed by atoms with Crippen molar-refractivity contribution in [1.82, 2.24) is 4.98 Å². The Kier molecular flexibility index (Phi) is 6.25. The lowest BCUT2D eigenvalue weighted by Crippen LogP contribution is -2.27. The van der Waals surface area contributed by atoms with Crippen molar-refractivity contribution in [2.24, 2.45) is 0 Å². The van der Waals surface area contributed by atoms with Gasteiger partial charge in [0, 0.05) is 23.9 Å². The lowest BCUT2D eigenvalue weighted by atomic mass is 10.0. The van der Waals surface area contributed by atoms with Gasteiger partial charge < -0.3 is 14.8 Å². The van der Waals surface area contributed by atoms with E-state index in [0.29, 0.717) is 11.3 Å². The van der Waals surface area contributed by atoms with Gasteiger partial charge in [0.25, 0.3) is 0 Å². The third-order valence-corrected chi connectivity index (χ3v) is 4.42. The third-order valence-electron chi connectivity index (χ3n) is 4.42. The van der Waals surface area contributed by atoms with Gasteiger partial charge in [-0.3, -0.25) is 10.1 Å². The lowest BCUT2D eigenvalue weighted by Gasteiger charge is -2.19. The number of rotatable bonds is 6. The van der Waals surface area contributed by atoms with Crippen molar-refractivity contribution < 1.29 is 24.2 Å². The first-order valence-corrected chi connectivity index (χ1v) is 9.75. The van der Waals surface area contributed by atoms with Crippen LogP contribution in [0.5, 0.6) is 0 Å². The molecule has 1 aromatic heterocycles. The Morgan fingerprint density at radius 2 is 1.61 bits per heavy atom. The molecule has 0 unspecified atom stereocenters. The molecule has 0 atom stereocenters. The second-order valence-corrected chi connectivity index (χ2v) is 8.11. The summed E-state index contributed by atoms with van der Waals surface area (Å²) in [4.78, 5) is 38.1. The molecule has 31 heavy (non-hydrogen) atoms. The molecule has 0 saturated heterocycles. The van der Waals surface area contributed by atoms with Crippen LogP contribution in [0.15, 0.2) is 60.8 Å². The Labute approximate surface area is 180 Å². The zero-order valence-corrected chi connectivity index (χ0v) is 17.6. The number of Topliss-reactive ketones (excluding diaryl/α,β-unsaturated/α-hetero) is 1. The molecular formula is C24H24N2O5. The van der Waals surface area contributed by atoms with Crippen LogP contribution in [-0.4, -0.2) is 33.5 Å². The summed E-state index contributed by atoms with van der Waals surface area (Å²) in [5.74, 6) is -1.06. The van der Waals surface area contributed by atoms with Crippen LogP contribution in [0, 0.1) is 0 Å². The molecule has 3 N–H and O–H groups in total. The van der Waals surface area contributed by atoms with Crippen LogP contribution in [-0.2, 0) is 11.2 Å². The topological polar surface area (TPSA) is 108 Å². The SMILES string of the molecule is CC(C)(C)OC(=O)Nc1ccc(C(=O)Cc2ccc(-c3c[nH]c(C(=O)O)c3)cc2)cc1. The number of carbonyl (C=O) groups excluding carboxylic acids is 2. The molecule has 0 fully saturated rings. The van der Waals surface area contributed by atoms with Gasteiger partial charge >= 0.3 is 12.1 Å². The number of ether oxygens (including phenoxy) is 1. The van der Waals surface area contributed by atoms with E-state index in [-0.39, 0.29) is 17.9 Å². The summed E-state index contributed by atoms with van der Waals surface area (Å²) in [6.07, 6.45) is 1.31. The van der Waals surface area contributed by atoms with Gasteiger partial charge in [-0.05, 0) is 67.8 Å². The number of carbonyl (C=O) groups is 3. The van der Waals surface area contributed by atoms with Crippen LogP contribution < -0.4 is 5.32 Å². The normalized spacial score (nSPS) is 11.1. The first-order valence-electron chi connectivity index (χ1n) is 9.75. The van der Waals surface area contributed by atoms with Crippen LogP contribution in [0.1, 0.15) is 47.2 Å². The molecule has 1 amide bonds. The fourth-order valence-electron chi connectivity index (χ4n) is 2.95. The number of ketones is 1. The molecule has 3 aromatic rings. The summed E-state index contributed by atoms with van der Waals surface area (Å²) in [7, 11) is 0. The number of benzene rings is 2. The van der Waals surface area contributed by atoms with E-state index in [2.05, 4.69) is 10.3 Å². The number of hydrogen-bond acceptors (Lipinski definition) is 4. The highest BCUT2D eigenvalue weighted by Gasteiger charge is 2.16. The standard InChI is InChI=1S/C24H24N2O5/c1-24(2,3)31-23(30)26-19-10-8-17(9-11-19)21(27)12-15-4-6-16(7-5-15)18-13-20(22(28)29)25-14-18/h4-11,13-14,25H,12H2,1-3H3,(H,26,30)(H,28,29). The van der Waals surface area contributed by atoms with Gasteiger partial charge in [-0.15, -0.1) is 0 Å². The Morgan fingerprint density at radius 1 is 0.968 bits per heavy atom. The molecule has 0 bridgehead atoms. The predicted molar refractivity (Wildman–Crippen MR) is 118 cm³/mol. The number of aromatic nitrogens is 1. The second kappa shape index (κ2) is 8.87. The zero-order chi connectivity index (χ0) is 22.6. The van der Waals surface area contributed by atoms with Crippen molar-refractivity contribution in [2.75, 3.05) is 5.32 Å². The van der Waals surface area contributed by atoms with E-state index in [0.717, 1.165) is 16.7 Å². The summed E-state index contributed by atoms with van der Waals surface area (Å²) >= 11 is 0. The number of H-pyrrole nitrogens is 1. The highest BCUT2D eigenvalue weighted by molar-refractivity contribution is 5.98. The summed E-state index contributed by atoms with van der Waals surface area (Å²) in [5.41, 5.74) is 3.09. The number of amides is 1. The fourth-order valence-corrected chi connectivity index (χ4v) is 2.95. The molecular weight excluding hydrogens is 396 g/mol. The van der Waals surface area contributed by atoms with Crippen molar-refractivity contribution in [1.29, 1.82) is 0 Å². The van der Waals surface area contributed by atoms with Crippen LogP contribution >= 0.6 is 0 Å². The summed E-state index contributed by atoms with van der Waals surface area (Å²) in [6.45, 7) is 5.35. The molecule has 0 radical (unpaired) electrons. The van der Waals surface area contributed by atoms with E-state index in [1.807, 2.05) is 24.3 Å². The predicted octanol–water partition coefficient (Wildman–Crippen LogP) is 5.15. The maximum absolute atomic E-state index is 12.6. The van der Waals surface area contributed by atoms with Gasteiger partial charge in [0.2, 0.25) is 0 Å². The van der Waals surface area contributed by atoms with Crippen LogP contribution in [0.25, 0.3) is 11.1 Å². The number of hydrogen-bond donors (Lipinski definition) is 3. The van der Waals surface area contributed by atoms with Crippen molar-refractivity contribution in [3.8, 4) is 11.1 Å². The summed E-state index contributed by atoms with van der Waals surface area (Å²) in [6, 6.07) is 15.6. The molecule has 2 aromatic carbocycles. The fraction of sp³-hybridized carbons (Fsp3) is 0.208. The van der Waals surface area contributed by atoms with Crippen LogP contribution in [0.2, 0.25) is 0 Å². The van der Waals surface area contributed by atoms with E-state index in [1.54, 1.807) is 57.3 Å². The number of aromatic carboxylic acids is 1. The Morgan fingerprint density at radius 3 is 2.16 bits per heavy atom. The first kappa shape index (κ1) is 21.8. The van der Waals surface area contributed by atoms with Gasteiger partial charge in [-0.25, -0.2) is 9.59 Å². The largest absolute Gasteiger partial charge is 0.477 e. The van der Waals surface area contributed by atoms with Crippen molar-refractivity contribution in [3.05, 3.63) is 77.6 Å². The summed E-state index contributed by atoms with van der Waals surface area (Å²) in [5, 5.41) is 11.6. The third kappa shape index (κ3) is 6.05. The van der Waals surface area contributed by atoms with E-state index in [9.17, 15) is 14.4 Å². The highest BCUT2D eigenvalue weighted by atomic mass is 16.6. The van der Waals surface area contributed by atoms with E-state index < -0.39 is 17.7 Å². The summed E-state index contributed by atoms with van der Waals surface area (Å²) < 4.78 is 5.20.